The molecule has 4 aliphatic carbocycles. The summed E-state index contributed by atoms with van der Waals surface area (Å²) in [5.74, 6) is 5.28. The Hall–Kier alpha value is -0.560. The van der Waals surface area contributed by atoms with Crippen LogP contribution in [0.3, 0.4) is 0 Å². The van der Waals surface area contributed by atoms with Crippen molar-refractivity contribution in [3.8, 4) is 0 Å². The molecule has 4 rings (SSSR count). The second kappa shape index (κ2) is 9.00. The third kappa shape index (κ3) is 4.11. The van der Waals surface area contributed by atoms with Gasteiger partial charge in [-0.2, -0.15) is 0 Å². The first-order valence-electron chi connectivity index (χ1n) is 13.7. The number of fused-ring (bicyclic) bond motifs is 5. The first-order chi connectivity index (χ1) is 14.7. The zero-order valence-corrected chi connectivity index (χ0v) is 21.4. The van der Waals surface area contributed by atoms with Crippen LogP contribution >= 0.6 is 0 Å². The van der Waals surface area contributed by atoms with Gasteiger partial charge >= 0.3 is 0 Å². The maximum absolute atomic E-state index is 10.5. The molecule has 0 radical (unpaired) electrons. The Morgan fingerprint density at radius 2 is 1.74 bits per heavy atom. The number of allylic oxidation sites excluding steroid dienone is 3. The van der Waals surface area contributed by atoms with Crippen molar-refractivity contribution in [2.75, 3.05) is 0 Å². The molecule has 1 heteroatoms. The Labute approximate surface area is 193 Å². The molecule has 0 aromatic rings. The number of hydrogen-bond acceptors (Lipinski definition) is 1. The lowest BCUT2D eigenvalue weighted by atomic mass is 9.46. The van der Waals surface area contributed by atoms with Crippen LogP contribution in [0, 0.1) is 46.3 Å². The predicted molar refractivity (Wildman–Crippen MR) is 133 cm³/mol. The van der Waals surface area contributed by atoms with Gasteiger partial charge < -0.3 is 5.11 Å². The molecule has 0 bridgehead atoms. The normalized spacial score (nSPS) is 43.8. The van der Waals surface area contributed by atoms with E-state index in [4.69, 9.17) is 0 Å². The van der Waals surface area contributed by atoms with E-state index in [-0.39, 0.29) is 6.10 Å². The van der Waals surface area contributed by atoms with E-state index in [9.17, 15) is 5.11 Å². The molecule has 0 spiro atoms. The third-order valence-corrected chi connectivity index (χ3v) is 10.8. The summed E-state index contributed by atoms with van der Waals surface area (Å²) >= 11 is 0. The van der Waals surface area contributed by atoms with Gasteiger partial charge in [0.05, 0.1) is 6.10 Å². The Kier molecular flexibility index (Phi) is 6.85. The zero-order valence-electron chi connectivity index (χ0n) is 21.4. The minimum atomic E-state index is -0.115. The van der Waals surface area contributed by atoms with E-state index in [2.05, 4.69) is 53.7 Å². The fourth-order valence-corrected chi connectivity index (χ4v) is 9.23. The van der Waals surface area contributed by atoms with Crippen LogP contribution in [0.4, 0.5) is 0 Å². The monoisotopic (exact) mass is 426 g/mol. The van der Waals surface area contributed by atoms with E-state index in [1.165, 1.54) is 57.8 Å². The molecule has 31 heavy (non-hydrogen) atoms. The largest absolute Gasteiger partial charge is 0.393 e. The molecule has 0 heterocycles. The van der Waals surface area contributed by atoms with E-state index in [0.29, 0.717) is 10.8 Å². The van der Waals surface area contributed by atoms with E-state index in [1.54, 1.807) is 11.1 Å². The molecule has 1 nitrogen and oxygen atoms in total. The molecule has 0 saturated heterocycles. The number of hydrogen-bond donors (Lipinski definition) is 1. The van der Waals surface area contributed by atoms with Gasteiger partial charge in [-0.1, -0.05) is 71.6 Å². The van der Waals surface area contributed by atoms with Crippen molar-refractivity contribution in [3.05, 3.63) is 23.3 Å². The van der Waals surface area contributed by atoms with Crippen molar-refractivity contribution in [3.63, 3.8) is 0 Å². The van der Waals surface area contributed by atoms with E-state index >= 15 is 0 Å². The average Bonchev–Trinajstić information content (AvgIpc) is 3.06. The fourth-order valence-electron chi connectivity index (χ4n) is 9.23. The smallest absolute Gasteiger partial charge is 0.0578 e. The Morgan fingerprint density at radius 1 is 0.968 bits per heavy atom. The van der Waals surface area contributed by atoms with Crippen LogP contribution < -0.4 is 0 Å². The summed E-state index contributed by atoms with van der Waals surface area (Å²) in [5, 5.41) is 10.5. The van der Waals surface area contributed by atoms with Crippen LogP contribution in [0.1, 0.15) is 112 Å². The van der Waals surface area contributed by atoms with Crippen molar-refractivity contribution in [2.45, 2.75) is 118 Å². The van der Waals surface area contributed by atoms with Crippen LogP contribution in [0.15, 0.2) is 23.3 Å². The summed E-state index contributed by atoms with van der Waals surface area (Å²) in [6.45, 7) is 14.8. The van der Waals surface area contributed by atoms with Crippen molar-refractivity contribution >= 4 is 0 Å². The maximum atomic E-state index is 10.5. The van der Waals surface area contributed by atoms with Crippen molar-refractivity contribution in [2.24, 2.45) is 46.3 Å². The van der Waals surface area contributed by atoms with Gasteiger partial charge in [-0.15, -0.1) is 0 Å². The Morgan fingerprint density at radius 3 is 2.45 bits per heavy atom. The van der Waals surface area contributed by atoms with Gasteiger partial charge in [0.1, 0.15) is 0 Å². The quantitative estimate of drug-likeness (QED) is 0.452. The van der Waals surface area contributed by atoms with Gasteiger partial charge in [-0.05, 0) is 110 Å². The molecule has 0 aromatic heterocycles. The third-order valence-electron chi connectivity index (χ3n) is 10.8. The number of aliphatic hydroxyl groups excluding tert-OH is 1. The summed E-state index contributed by atoms with van der Waals surface area (Å²) in [6.07, 6.45) is 19.0. The Bertz CT molecular complexity index is 701. The zero-order chi connectivity index (χ0) is 22.4. The maximum Gasteiger partial charge on any atom is 0.0578 e. The fraction of sp³-hybridized carbons (Fsp3) is 0.867. The molecule has 3 saturated carbocycles. The van der Waals surface area contributed by atoms with Crippen LogP contribution in [-0.4, -0.2) is 11.2 Å². The molecule has 8 atom stereocenters. The topological polar surface area (TPSA) is 20.2 Å². The van der Waals surface area contributed by atoms with Gasteiger partial charge in [0.25, 0.3) is 0 Å². The van der Waals surface area contributed by atoms with Crippen LogP contribution in [0.25, 0.3) is 0 Å². The lowest BCUT2D eigenvalue weighted by molar-refractivity contribution is -0.0589. The molecule has 0 aromatic carbocycles. The second-order valence-electron chi connectivity index (χ2n) is 12.9. The minimum Gasteiger partial charge on any atom is -0.393 e. The van der Waals surface area contributed by atoms with Crippen molar-refractivity contribution < 1.29 is 5.11 Å². The van der Waals surface area contributed by atoms with Crippen molar-refractivity contribution in [1.82, 2.24) is 0 Å². The highest BCUT2D eigenvalue weighted by atomic mass is 16.3. The molecular formula is C30H50O. The number of aliphatic hydroxyl groups is 1. The second-order valence-corrected chi connectivity index (χ2v) is 12.9. The highest BCUT2D eigenvalue weighted by Gasteiger charge is 2.59. The first kappa shape index (κ1) is 23.6. The van der Waals surface area contributed by atoms with Crippen LogP contribution in [-0.2, 0) is 0 Å². The van der Waals surface area contributed by atoms with Gasteiger partial charge in [-0.25, -0.2) is 0 Å². The van der Waals surface area contributed by atoms with Crippen LogP contribution in [0.5, 0.6) is 0 Å². The van der Waals surface area contributed by atoms with Gasteiger partial charge in [0.15, 0.2) is 0 Å². The molecule has 4 unspecified atom stereocenters. The average molecular weight is 427 g/mol. The lowest BCUT2D eigenvalue weighted by Gasteiger charge is -2.59. The molecule has 4 aliphatic rings. The standard InChI is InChI=1S/C30H50O/c1-7-9-22-18-24-26-13-12-25(21(4)11-8-10-20(2)3)29(26,5)17-15-27(24)30(6)16-14-23(31)19-28(22)30/h7,9,20-21,23-27,31H,8,10-19H2,1-6H3/b9-7+/t21-,23+,24?,25?,26?,27?,29-,30-/m1/s1. The molecule has 3 fully saturated rings. The Balaban J connectivity index is 1.58. The number of rotatable bonds is 6. The molecule has 176 valence electrons. The van der Waals surface area contributed by atoms with E-state index in [1.807, 2.05) is 0 Å². The van der Waals surface area contributed by atoms with Gasteiger partial charge in [-0.3, -0.25) is 0 Å². The molecule has 1 N–H and O–H groups in total. The highest BCUT2D eigenvalue weighted by Crippen LogP contribution is 2.68. The van der Waals surface area contributed by atoms with E-state index < -0.39 is 0 Å². The first-order valence-corrected chi connectivity index (χ1v) is 13.7. The lowest BCUT2D eigenvalue weighted by Crippen LogP contribution is -2.51. The summed E-state index contributed by atoms with van der Waals surface area (Å²) in [7, 11) is 0. The summed E-state index contributed by atoms with van der Waals surface area (Å²) in [4.78, 5) is 0. The summed E-state index contributed by atoms with van der Waals surface area (Å²) in [6, 6.07) is 0. The minimum absolute atomic E-state index is 0.115. The van der Waals surface area contributed by atoms with Gasteiger partial charge in [0.2, 0.25) is 0 Å². The molecular weight excluding hydrogens is 376 g/mol. The predicted octanol–water partition coefficient (Wildman–Crippen LogP) is 8.34. The SMILES string of the molecule is C/C=C/C1=C2C[C@@H](O)CC[C@]2(C)C2CC[C@@]3(C)C(CCC3[C@H](C)CCCC(C)C)C2C1. The molecule has 0 amide bonds. The van der Waals surface area contributed by atoms with Crippen molar-refractivity contribution in [1.29, 1.82) is 0 Å². The van der Waals surface area contributed by atoms with Gasteiger partial charge in [0, 0.05) is 0 Å². The molecule has 0 aliphatic heterocycles. The van der Waals surface area contributed by atoms with E-state index in [0.717, 1.165) is 48.3 Å². The highest BCUT2D eigenvalue weighted by molar-refractivity contribution is 5.37. The summed E-state index contributed by atoms with van der Waals surface area (Å²) < 4.78 is 0. The summed E-state index contributed by atoms with van der Waals surface area (Å²) in [5.41, 5.74) is 4.12. The van der Waals surface area contributed by atoms with Crippen LogP contribution in [0.2, 0.25) is 0 Å².